The molecule has 0 saturated carbocycles. The van der Waals surface area contributed by atoms with Crippen LogP contribution in [0, 0.1) is 0 Å². The monoisotopic (exact) mass is 184 g/mol. The highest BCUT2D eigenvalue weighted by molar-refractivity contribution is 5.14. The molecular weight excluding hydrogens is 160 g/mol. The van der Waals surface area contributed by atoms with E-state index in [0.29, 0.717) is 0 Å². The lowest BCUT2D eigenvalue weighted by molar-refractivity contribution is 0.232. The summed E-state index contributed by atoms with van der Waals surface area (Å²) in [6.07, 6.45) is 2.32. The maximum absolute atomic E-state index is 3.69. The van der Waals surface area contributed by atoms with E-state index in [4.69, 9.17) is 0 Å². The van der Waals surface area contributed by atoms with Gasteiger partial charge in [-0.2, -0.15) is 0 Å². The number of hydrogen-bond donors (Lipinski definition) is 2. The molecule has 1 heterocycles. The van der Waals surface area contributed by atoms with E-state index in [1.807, 2.05) is 0 Å². The van der Waals surface area contributed by atoms with Crippen LogP contribution in [0.25, 0.3) is 0 Å². The van der Waals surface area contributed by atoms with Crippen molar-refractivity contribution in [2.75, 3.05) is 0 Å². The molecule has 1 aliphatic heterocycles. The minimum Gasteiger partial charge on any atom is -0.293 e. The van der Waals surface area contributed by atoms with Crippen LogP contribution in [0.2, 0.25) is 0 Å². The molecule has 2 N–H and O–H groups in total. The Hall–Kier alpha value is -0.0800. The summed E-state index contributed by atoms with van der Waals surface area (Å²) < 4.78 is 0. The maximum atomic E-state index is 3.69. The lowest BCUT2D eigenvalue weighted by Gasteiger charge is -2.39. The van der Waals surface area contributed by atoms with Crippen LogP contribution in [0.3, 0.4) is 0 Å². The fraction of sp³-hybridized carbons (Fsp3) is 1.00. The van der Waals surface area contributed by atoms with Crippen LogP contribution in [0.4, 0.5) is 0 Å². The molecule has 0 bridgehead atoms. The highest BCUT2D eigenvalue weighted by atomic mass is 15.3. The van der Waals surface area contributed by atoms with Crippen molar-refractivity contribution >= 4 is 0 Å². The van der Waals surface area contributed by atoms with E-state index in [0.717, 1.165) is 12.8 Å². The molecule has 1 saturated heterocycles. The zero-order valence-corrected chi connectivity index (χ0v) is 9.91. The van der Waals surface area contributed by atoms with E-state index in [2.05, 4.69) is 52.2 Å². The third-order valence-electron chi connectivity index (χ3n) is 3.81. The van der Waals surface area contributed by atoms with Crippen molar-refractivity contribution < 1.29 is 0 Å². The van der Waals surface area contributed by atoms with E-state index in [1.54, 1.807) is 0 Å². The highest BCUT2D eigenvalue weighted by Crippen LogP contribution is 2.36. The van der Waals surface area contributed by atoms with Crippen LogP contribution >= 0.6 is 0 Å². The van der Waals surface area contributed by atoms with E-state index in [1.165, 1.54) is 0 Å². The van der Waals surface area contributed by atoms with Crippen LogP contribution in [-0.2, 0) is 0 Å². The summed E-state index contributed by atoms with van der Waals surface area (Å²) in [6, 6.07) is 0. The Balaban J connectivity index is 2.97. The van der Waals surface area contributed by atoms with Crippen LogP contribution in [0.1, 0.15) is 54.4 Å². The summed E-state index contributed by atoms with van der Waals surface area (Å²) in [5, 5.41) is 7.37. The summed E-state index contributed by atoms with van der Waals surface area (Å²) in [5.41, 5.74) is 0.492. The van der Waals surface area contributed by atoms with Crippen LogP contribution in [-0.4, -0.2) is 16.7 Å². The number of rotatable bonds is 2. The second kappa shape index (κ2) is 2.96. The largest absolute Gasteiger partial charge is 0.293 e. The SMILES string of the molecule is CCC1(C)NC(C)(C)NC1(C)CC. The zero-order valence-electron chi connectivity index (χ0n) is 9.91. The molecule has 13 heavy (non-hydrogen) atoms. The molecule has 1 aliphatic rings. The molecular formula is C11H24N2. The third kappa shape index (κ3) is 1.62. The Bertz CT molecular complexity index is 180. The Morgan fingerprint density at radius 1 is 0.769 bits per heavy atom. The molecule has 0 aliphatic carbocycles. The molecule has 2 unspecified atom stereocenters. The van der Waals surface area contributed by atoms with Crippen LogP contribution in [0.15, 0.2) is 0 Å². The maximum Gasteiger partial charge on any atom is 0.0638 e. The molecule has 2 nitrogen and oxygen atoms in total. The summed E-state index contributed by atoms with van der Waals surface area (Å²) in [7, 11) is 0. The predicted octanol–water partition coefficient (Wildman–Crippen LogP) is 2.25. The average molecular weight is 184 g/mol. The van der Waals surface area contributed by atoms with Gasteiger partial charge in [0.25, 0.3) is 0 Å². The van der Waals surface area contributed by atoms with Gasteiger partial charge in [-0.05, 0) is 40.5 Å². The van der Waals surface area contributed by atoms with Gasteiger partial charge in [0.1, 0.15) is 0 Å². The van der Waals surface area contributed by atoms with Gasteiger partial charge in [0.15, 0.2) is 0 Å². The van der Waals surface area contributed by atoms with E-state index < -0.39 is 0 Å². The molecule has 0 amide bonds. The molecule has 1 fully saturated rings. The normalized spacial score (nSPS) is 43.8. The quantitative estimate of drug-likeness (QED) is 0.688. The molecule has 0 spiro atoms. The molecule has 0 aromatic rings. The summed E-state index contributed by atoms with van der Waals surface area (Å²) in [6.45, 7) is 13.6. The minimum absolute atomic E-state index is 0.0650. The van der Waals surface area contributed by atoms with Gasteiger partial charge in [-0.15, -0.1) is 0 Å². The Morgan fingerprint density at radius 3 is 1.31 bits per heavy atom. The van der Waals surface area contributed by atoms with Gasteiger partial charge in [-0.3, -0.25) is 10.6 Å². The van der Waals surface area contributed by atoms with E-state index in [-0.39, 0.29) is 16.7 Å². The topological polar surface area (TPSA) is 24.1 Å². The third-order valence-corrected chi connectivity index (χ3v) is 3.81. The summed E-state index contributed by atoms with van der Waals surface area (Å²) in [5.74, 6) is 0. The van der Waals surface area contributed by atoms with Crippen molar-refractivity contribution in [2.45, 2.75) is 71.1 Å². The van der Waals surface area contributed by atoms with Crippen LogP contribution < -0.4 is 10.6 Å². The van der Waals surface area contributed by atoms with E-state index in [9.17, 15) is 0 Å². The summed E-state index contributed by atoms with van der Waals surface area (Å²) in [4.78, 5) is 0. The zero-order chi connectivity index (χ0) is 10.3. The second-order valence-electron chi connectivity index (χ2n) is 5.25. The van der Waals surface area contributed by atoms with Gasteiger partial charge in [0, 0.05) is 11.1 Å². The highest BCUT2D eigenvalue weighted by Gasteiger charge is 2.52. The number of nitrogens with one attached hydrogen (secondary N) is 2. The Kier molecular flexibility index (Phi) is 2.50. The van der Waals surface area contributed by atoms with Gasteiger partial charge in [-0.1, -0.05) is 13.8 Å². The average Bonchev–Trinajstić information content (AvgIpc) is 2.19. The smallest absolute Gasteiger partial charge is 0.0638 e. The summed E-state index contributed by atoms with van der Waals surface area (Å²) >= 11 is 0. The molecule has 0 radical (unpaired) electrons. The molecule has 1 rings (SSSR count). The first-order valence-electron chi connectivity index (χ1n) is 5.37. The molecule has 78 valence electrons. The van der Waals surface area contributed by atoms with Gasteiger partial charge < -0.3 is 0 Å². The lowest BCUT2D eigenvalue weighted by atomic mass is 9.77. The minimum atomic E-state index is 0.0650. The van der Waals surface area contributed by atoms with Gasteiger partial charge in [-0.25, -0.2) is 0 Å². The molecule has 0 aromatic heterocycles. The van der Waals surface area contributed by atoms with Crippen LogP contribution in [0.5, 0.6) is 0 Å². The van der Waals surface area contributed by atoms with Gasteiger partial charge in [0.2, 0.25) is 0 Å². The molecule has 2 atom stereocenters. The van der Waals surface area contributed by atoms with Crippen molar-refractivity contribution in [1.29, 1.82) is 0 Å². The Labute approximate surface area is 82.5 Å². The molecule has 2 heteroatoms. The van der Waals surface area contributed by atoms with Crippen molar-refractivity contribution in [2.24, 2.45) is 0 Å². The van der Waals surface area contributed by atoms with Gasteiger partial charge in [0.05, 0.1) is 5.66 Å². The lowest BCUT2D eigenvalue weighted by Crippen LogP contribution is -2.55. The first-order valence-corrected chi connectivity index (χ1v) is 5.37. The van der Waals surface area contributed by atoms with Gasteiger partial charge >= 0.3 is 0 Å². The fourth-order valence-electron chi connectivity index (χ4n) is 2.64. The first kappa shape index (κ1) is 11.0. The standard InChI is InChI=1S/C11H24N2/c1-7-10(5)11(6,8-2)13-9(3,4)12-10/h12-13H,7-8H2,1-6H3. The second-order valence-corrected chi connectivity index (χ2v) is 5.25. The van der Waals surface area contributed by atoms with E-state index >= 15 is 0 Å². The predicted molar refractivity (Wildman–Crippen MR) is 57.7 cm³/mol. The molecule has 0 aromatic carbocycles. The fourth-order valence-corrected chi connectivity index (χ4v) is 2.64. The first-order chi connectivity index (χ1) is 5.79. The number of hydrogen-bond acceptors (Lipinski definition) is 2. The van der Waals surface area contributed by atoms with Crippen molar-refractivity contribution in [3.8, 4) is 0 Å². The van der Waals surface area contributed by atoms with Crippen molar-refractivity contribution in [3.63, 3.8) is 0 Å². The van der Waals surface area contributed by atoms with Crippen molar-refractivity contribution in [1.82, 2.24) is 10.6 Å². The Morgan fingerprint density at radius 2 is 1.08 bits per heavy atom. The van der Waals surface area contributed by atoms with Crippen molar-refractivity contribution in [3.05, 3.63) is 0 Å².